The third kappa shape index (κ3) is 2.83. The van der Waals surface area contributed by atoms with Crippen molar-refractivity contribution in [1.29, 1.82) is 0 Å². The van der Waals surface area contributed by atoms with Gasteiger partial charge in [-0.25, -0.2) is 4.98 Å². The first-order chi connectivity index (χ1) is 7.79. The molecule has 2 rings (SSSR count). The molecule has 16 heavy (non-hydrogen) atoms. The minimum absolute atomic E-state index is 0.240. The number of aliphatic hydroxyl groups excluding tert-OH is 1. The van der Waals surface area contributed by atoms with Crippen molar-refractivity contribution in [3.8, 4) is 0 Å². The van der Waals surface area contributed by atoms with Gasteiger partial charge < -0.3 is 15.0 Å². The summed E-state index contributed by atoms with van der Waals surface area (Å²) >= 11 is 0. The van der Waals surface area contributed by atoms with Crippen LogP contribution in [-0.4, -0.2) is 46.7 Å². The molecule has 1 fully saturated rings. The molecular weight excluding hydrogens is 202 g/mol. The fourth-order valence-corrected chi connectivity index (χ4v) is 2.28. The highest BCUT2D eigenvalue weighted by Gasteiger charge is 2.19. The molecule has 0 radical (unpaired) electrons. The molecule has 90 valence electrons. The van der Waals surface area contributed by atoms with Crippen LogP contribution in [0.15, 0.2) is 6.20 Å². The highest BCUT2D eigenvalue weighted by Crippen LogP contribution is 2.25. The summed E-state index contributed by atoms with van der Waals surface area (Å²) in [5, 5.41) is 8.77. The Morgan fingerprint density at radius 3 is 2.94 bits per heavy atom. The summed E-state index contributed by atoms with van der Waals surface area (Å²) in [6, 6.07) is 0. The van der Waals surface area contributed by atoms with Crippen molar-refractivity contribution in [1.82, 2.24) is 14.9 Å². The van der Waals surface area contributed by atoms with E-state index in [9.17, 15) is 0 Å². The van der Waals surface area contributed by atoms with Crippen LogP contribution in [0, 0.1) is 0 Å². The van der Waals surface area contributed by atoms with E-state index >= 15 is 0 Å². The maximum absolute atomic E-state index is 8.77. The molecule has 1 aromatic heterocycles. The zero-order chi connectivity index (χ0) is 11.4. The summed E-state index contributed by atoms with van der Waals surface area (Å²) in [4.78, 5) is 10.1. The number of hydrogen-bond acceptors (Lipinski definition) is 3. The molecule has 1 saturated heterocycles. The lowest BCUT2D eigenvalue weighted by Gasteiger charge is -2.28. The van der Waals surface area contributed by atoms with Crippen molar-refractivity contribution < 1.29 is 5.11 Å². The lowest BCUT2D eigenvalue weighted by molar-refractivity contribution is 0.253. The van der Waals surface area contributed by atoms with Crippen LogP contribution < -0.4 is 0 Å². The quantitative estimate of drug-likeness (QED) is 0.805. The molecule has 0 atom stereocenters. The molecule has 1 aliphatic heterocycles. The van der Waals surface area contributed by atoms with E-state index in [2.05, 4.69) is 21.9 Å². The molecule has 0 amide bonds. The van der Waals surface area contributed by atoms with Gasteiger partial charge in [-0.15, -0.1) is 0 Å². The van der Waals surface area contributed by atoms with E-state index in [0.29, 0.717) is 5.92 Å². The molecule has 0 aliphatic carbocycles. The average Bonchev–Trinajstić information content (AvgIpc) is 2.76. The van der Waals surface area contributed by atoms with Gasteiger partial charge in [-0.1, -0.05) is 0 Å². The van der Waals surface area contributed by atoms with E-state index in [4.69, 9.17) is 5.11 Å². The molecule has 1 aliphatic rings. The standard InChI is InChI=1S/C12H21N3O/c1-15-6-4-10(5-7-15)11-9-13-12(14-11)3-2-8-16/h9-10,16H,2-8H2,1H3,(H,13,14). The highest BCUT2D eigenvalue weighted by atomic mass is 16.2. The summed E-state index contributed by atoms with van der Waals surface area (Å²) in [6.07, 6.45) is 6.06. The molecule has 4 heteroatoms. The summed E-state index contributed by atoms with van der Waals surface area (Å²) in [7, 11) is 2.18. The van der Waals surface area contributed by atoms with Gasteiger partial charge in [0.1, 0.15) is 5.82 Å². The molecule has 0 bridgehead atoms. The largest absolute Gasteiger partial charge is 0.396 e. The predicted molar refractivity (Wildman–Crippen MR) is 63.5 cm³/mol. The van der Waals surface area contributed by atoms with E-state index in [1.807, 2.05) is 6.20 Å². The Morgan fingerprint density at radius 2 is 2.25 bits per heavy atom. The molecule has 0 saturated carbocycles. The van der Waals surface area contributed by atoms with Gasteiger partial charge in [0, 0.05) is 30.8 Å². The minimum atomic E-state index is 0.240. The number of H-pyrrole nitrogens is 1. The van der Waals surface area contributed by atoms with E-state index in [0.717, 1.165) is 18.7 Å². The van der Waals surface area contributed by atoms with E-state index in [1.165, 1.54) is 31.6 Å². The van der Waals surface area contributed by atoms with Crippen LogP contribution in [-0.2, 0) is 6.42 Å². The predicted octanol–water partition coefficient (Wildman–Crippen LogP) is 1.14. The zero-order valence-corrected chi connectivity index (χ0v) is 9.95. The summed E-state index contributed by atoms with van der Waals surface area (Å²) in [6.45, 7) is 2.59. The lowest BCUT2D eigenvalue weighted by atomic mass is 9.94. The van der Waals surface area contributed by atoms with E-state index in [1.54, 1.807) is 0 Å². The summed E-state index contributed by atoms with van der Waals surface area (Å²) < 4.78 is 0. The van der Waals surface area contributed by atoms with Crippen molar-refractivity contribution in [3.63, 3.8) is 0 Å². The number of aromatic nitrogens is 2. The molecule has 2 heterocycles. The van der Waals surface area contributed by atoms with Gasteiger partial charge in [0.2, 0.25) is 0 Å². The fourth-order valence-electron chi connectivity index (χ4n) is 2.28. The Labute approximate surface area is 96.7 Å². The van der Waals surface area contributed by atoms with Crippen molar-refractivity contribution in [2.24, 2.45) is 0 Å². The molecule has 0 unspecified atom stereocenters. The lowest BCUT2D eigenvalue weighted by Crippen LogP contribution is -2.29. The van der Waals surface area contributed by atoms with Crippen LogP contribution in [0.1, 0.15) is 36.7 Å². The number of aliphatic hydroxyl groups is 1. The first-order valence-corrected chi connectivity index (χ1v) is 6.13. The van der Waals surface area contributed by atoms with Crippen molar-refractivity contribution in [3.05, 3.63) is 17.7 Å². The second-order valence-corrected chi connectivity index (χ2v) is 4.69. The topological polar surface area (TPSA) is 52.1 Å². The van der Waals surface area contributed by atoms with Crippen molar-refractivity contribution >= 4 is 0 Å². The Bertz CT molecular complexity index is 316. The third-order valence-corrected chi connectivity index (χ3v) is 3.38. The number of imidazole rings is 1. The number of rotatable bonds is 4. The average molecular weight is 223 g/mol. The molecule has 1 aromatic rings. The van der Waals surface area contributed by atoms with Gasteiger partial charge >= 0.3 is 0 Å². The number of aryl methyl sites for hydroxylation is 1. The second kappa shape index (κ2) is 5.46. The molecule has 4 nitrogen and oxygen atoms in total. The Morgan fingerprint density at radius 1 is 1.50 bits per heavy atom. The van der Waals surface area contributed by atoms with Crippen LogP contribution in [0.2, 0.25) is 0 Å². The SMILES string of the molecule is CN1CCC(c2cnc(CCCO)[nH]2)CC1. The van der Waals surface area contributed by atoms with Crippen LogP contribution >= 0.6 is 0 Å². The monoisotopic (exact) mass is 223 g/mol. The maximum atomic E-state index is 8.77. The Balaban J connectivity index is 1.91. The summed E-state index contributed by atoms with van der Waals surface area (Å²) in [5.74, 6) is 1.66. The molecule has 0 aromatic carbocycles. The van der Waals surface area contributed by atoms with Gasteiger partial charge in [-0.2, -0.15) is 0 Å². The first-order valence-electron chi connectivity index (χ1n) is 6.13. The number of nitrogens with zero attached hydrogens (tertiary/aromatic N) is 2. The molecular formula is C12H21N3O. The Hall–Kier alpha value is -0.870. The third-order valence-electron chi connectivity index (χ3n) is 3.38. The molecule has 2 N–H and O–H groups in total. The highest BCUT2D eigenvalue weighted by molar-refractivity contribution is 5.09. The van der Waals surface area contributed by atoms with Crippen LogP contribution in [0.25, 0.3) is 0 Å². The Kier molecular flexibility index (Phi) is 3.96. The number of aromatic amines is 1. The number of likely N-dealkylation sites (tertiary alicyclic amines) is 1. The summed E-state index contributed by atoms with van der Waals surface area (Å²) in [5.41, 5.74) is 1.28. The van der Waals surface area contributed by atoms with Gasteiger partial charge in [-0.05, 0) is 39.4 Å². The number of hydrogen-bond donors (Lipinski definition) is 2. The van der Waals surface area contributed by atoms with Crippen LogP contribution in [0.5, 0.6) is 0 Å². The normalized spacial score (nSPS) is 19.1. The smallest absolute Gasteiger partial charge is 0.106 e. The van der Waals surface area contributed by atoms with Crippen LogP contribution in [0.4, 0.5) is 0 Å². The maximum Gasteiger partial charge on any atom is 0.106 e. The minimum Gasteiger partial charge on any atom is -0.396 e. The van der Waals surface area contributed by atoms with E-state index < -0.39 is 0 Å². The van der Waals surface area contributed by atoms with Gasteiger partial charge in [-0.3, -0.25) is 0 Å². The molecule has 0 spiro atoms. The first kappa shape index (κ1) is 11.6. The van der Waals surface area contributed by atoms with Crippen molar-refractivity contribution in [2.45, 2.75) is 31.6 Å². The second-order valence-electron chi connectivity index (χ2n) is 4.69. The van der Waals surface area contributed by atoms with Crippen LogP contribution in [0.3, 0.4) is 0 Å². The number of nitrogens with one attached hydrogen (secondary N) is 1. The van der Waals surface area contributed by atoms with Gasteiger partial charge in [0.15, 0.2) is 0 Å². The van der Waals surface area contributed by atoms with Crippen molar-refractivity contribution in [2.75, 3.05) is 26.7 Å². The van der Waals surface area contributed by atoms with Gasteiger partial charge in [0.25, 0.3) is 0 Å². The zero-order valence-electron chi connectivity index (χ0n) is 9.95. The van der Waals surface area contributed by atoms with E-state index in [-0.39, 0.29) is 6.61 Å². The number of piperidine rings is 1. The fraction of sp³-hybridized carbons (Fsp3) is 0.750. The van der Waals surface area contributed by atoms with Gasteiger partial charge in [0.05, 0.1) is 0 Å².